The number of hydrogen-bond donors (Lipinski definition) is 1. The lowest BCUT2D eigenvalue weighted by atomic mass is 9.88. The highest BCUT2D eigenvalue weighted by molar-refractivity contribution is 8.01. The van der Waals surface area contributed by atoms with Crippen LogP contribution in [0.3, 0.4) is 0 Å². The normalized spacial score (nSPS) is 32.2. The smallest absolute Gasteiger partial charge is 0.0918 e. The van der Waals surface area contributed by atoms with E-state index in [0.717, 1.165) is 32.5 Å². The van der Waals surface area contributed by atoms with Crippen LogP contribution in [0.2, 0.25) is 0 Å². The molecular formula is C19H21NO2S2. The Morgan fingerprint density at radius 3 is 3.00 bits per heavy atom. The molecule has 3 aliphatic rings. The highest BCUT2D eigenvalue weighted by atomic mass is 32.2. The molecule has 1 aromatic carbocycles. The molecule has 5 heteroatoms. The maximum absolute atomic E-state index is 9.77. The molecule has 2 aromatic rings. The predicted octanol–water partition coefficient (Wildman–Crippen LogP) is 3.89. The average Bonchev–Trinajstić information content (AvgIpc) is 3.28. The van der Waals surface area contributed by atoms with Gasteiger partial charge in [-0.1, -0.05) is 30.0 Å². The minimum atomic E-state index is -0.155. The Labute approximate surface area is 150 Å². The summed E-state index contributed by atoms with van der Waals surface area (Å²) in [5.41, 5.74) is 2.81. The van der Waals surface area contributed by atoms with Gasteiger partial charge in [0.05, 0.1) is 22.5 Å². The average molecular weight is 360 g/mol. The zero-order chi connectivity index (χ0) is 16.1. The largest absolute Gasteiger partial charge is 0.392 e. The Bertz CT molecular complexity index is 746. The fourth-order valence-corrected chi connectivity index (χ4v) is 6.58. The van der Waals surface area contributed by atoms with E-state index in [2.05, 4.69) is 40.6 Å². The minimum Gasteiger partial charge on any atom is -0.392 e. The number of thiophene rings is 1. The Kier molecular flexibility index (Phi) is 3.95. The Hall–Kier alpha value is -0.850. The van der Waals surface area contributed by atoms with Gasteiger partial charge in [0.2, 0.25) is 0 Å². The molecular weight excluding hydrogens is 338 g/mol. The van der Waals surface area contributed by atoms with Gasteiger partial charge in [-0.3, -0.25) is 4.90 Å². The fraction of sp³-hybridized carbons (Fsp3) is 0.474. The molecule has 0 aliphatic carbocycles. The number of fused-ring (bicyclic) bond motifs is 5. The van der Waals surface area contributed by atoms with Gasteiger partial charge < -0.3 is 9.84 Å². The number of rotatable bonds is 2. The molecule has 0 spiro atoms. The molecule has 2 saturated heterocycles. The Morgan fingerprint density at radius 1 is 1.21 bits per heavy atom. The molecule has 3 aliphatic heterocycles. The van der Waals surface area contributed by atoms with Gasteiger partial charge >= 0.3 is 0 Å². The number of likely N-dealkylation sites (tertiary alicyclic amines) is 1. The topological polar surface area (TPSA) is 32.7 Å². The second-order valence-corrected chi connectivity index (χ2v) is 9.25. The van der Waals surface area contributed by atoms with E-state index in [-0.39, 0.29) is 18.3 Å². The van der Waals surface area contributed by atoms with Gasteiger partial charge in [-0.05, 0) is 35.9 Å². The van der Waals surface area contributed by atoms with Gasteiger partial charge in [-0.15, -0.1) is 11.3 Å². The third-order valence-corrected chi connectivity index (χ3v) is 7.69. The third-order valence-electron chi connectivity index (χ3n) is 5.42. The van der Waals surface area contributed by atoms with Crippen LogP contribution in [0.15, 0.2) is 44.8 Å². The van der Waals surface area contributed by atoms with Crippen molar-refractivity contribution in [3.05, 3.63) is 46.8 Å². The van der Waals surface area contributed by atoms with Crippen LogP contribution in [0.5, 0.6) is 0 Å². The van der Waals surface area contributed by atoms with Crippen LogP contribution in [0.4, 0.5) is 0 Å². The fourth-order valence-electron chi connectivity index (χ4n) is 4.31. The molecule has 24 heavy (non-hydrogen) atoms. The molecule has 5 rings (SSSR count). The monoisotopic (exact) mass is 359 g/mol. The number of nitrogens with zero attached hydrogens (tertiary/aromatic N) is 1. The van der Waals surface area contributed by atoms with Gasteiger partial charge in [0.15, 0.2) is 0 Å². The lowest BCUT2D eigenvalue weighted by Gasteiger charge is -2.20. The zero-order valence-electron chi connectivity index (χ0n) is 13.4. The molecule has 0 amide bonds. The molecule has 126 valence electrons. The van der Waals surface area contributed by atoms with E-state index in [1.165, 1.54) is 20.2 Å². The molecule has 2 fully saturated rings. The summed E-state index contributed by atoms with van der Waals surface area (Å²) >= 11 is 3.72. The van der Waals surface area contributed by atoms with E-state index in [1.807, 2.05) is 23.1 Å². The maximum Gasteiger partial charge on any atom is 0.0918 e. The number of aliphatic hydroxyl groups excluding tert-OH is 1. The van der Waals surface area contributed by atoms with Crippen molar-refractivity contribution in [1.82, 2.24) is 4.90 Å². The molecule has 0 radical (unpaired) electrons. The summed E-state index contributed by atoms with van der Waals surface area (Å²) < 4.78 is 7.94. The highest BCUT2D eigenvalue weighted by Crippen LogP contribution is 2.54. The van der Waals surface area contributed by atoms with Gasteiger partial charge in [-0.25, -0.2) is 0 Å². The number of hydrogen-bond acceptors (Lipinski definition) is 5. The van der Waals surface area contributed by atoms with Crippen molar-refractivity contribution < 1.29 is 9.84 Å². The van der Waals surface area contributed by atoms with E-state index < -0.39 is 0 Å². The van der Waals surface area contributed by atoms with Crippen molar-refractivity contribution >= 4 is 23.1 Å². The summed E-state index contributed by atoms with van der Waals surface area (Å²) in [6, 6.07) is 11.1. The van der Waals surface area contributed by atoms with Gasteiger partial charge in [0.25, 0.3) is 0 Å². The van der Waals surface area contributed by atoms with Gasteiger partial charge in [0, 0.05) is 36.0 Å². The number of aliphatic hydroxyl groups is 1. The van der Waals surface area contributed by atoms with Crippen molar-refractivity contribution in [3.63, 3.8) is 0 Å². The van der Waals surface area contributed by atoms with Gasteiger partial charge in [0.1, 0.15) is 0 Å². The Balaban J connectivity index is 1.45. The quantitative estimate of drug-likeness (QED) is 0.882. The van der Waals surface area contributed by atoms with E-state index >= 15 is 0 Å². The lowest BCUT2D eigenvalue weighted by molar-refractivity contribution is 0.0205. The zero-order valence-corrected chi connectivity index (χ0v) is 15.1. The Morgan fingerprint density at radius 2 is 2.12 bits per heavy atom. The van der Waals surface area contributed by atoms with E-state index in [0.29, 0.717) is 5.92 Å². The number of β-amino-alcohol motifs (C(OH)–C–C–N with tert-alkyl or cyclic N) is 1. The van der Waals surface area contributed by atoms with Gasteiger partial charge in [-0.2, -0.15) is 0 Å². The maximum atomic E-state index is 9.77. The molecule has 4 unspecified atom stereocenters. The van der Waals surface area contributed by atoms with E-state index in [9.17, 15) is 5.11 Å². The molecule has 0 bridgehead atoms. The second kappa shape index (κ2) is 6.15. The van der Waals surface area contributed by atoms with Crippen LogP contribution >= 0.6 is 23.1 Å². The van der Waals surface area contributed by atoms with Crippen LogP contribution in [-0.4, -0.2) is 41.8 Å². The first kappa shape index (κ1) is 15.4. The molecule has 3 nitrogen and oxygen atoms in total. The lowest BCUT2D eigenvalue weighted by Crippen LogP contribution is -2.31. The second-order valence-electron chi connectivity index (χ2n) is 7.03. The summed E-state index contributed by atoms with van der Waals surface area (Å²) in [6.45, 7) is 2.73. The van der Waals surface area contributed by atoms with Crippen LogP contribution in [0, 0.1) is 0 Å². The van der Waals surface area contributed by atoms with Crippen LogP contribution in [0.25, 0.3) is 0 Å². The standard InChI is InChI=1S/C19H21NO2S2/c21-12-5-7-20(10-12)11-13-9-16-14-3-1-2-4-17(14)24-19-15(6-8-23-19)18(16)22-13/h1-4,6,8,12-13,16,18,21H,5,7,9-11H2. The first-order chi connectivity index (χ1) is 11.8. The summed E-state index contributed by atoms with van der Waals surface area (Å²) in [7, 11) is 0. The van der Waals surface area contributed by atoms with E-state index in [4.69, 9.17) is 4.74 Å². The van der Waals surface area contributed by atoms with Crippen molar-refractivity contribution in [2.24, 2.45) is 0 Å². The number of benzene rings is 1. The van der Waals surface area contributed by atoms with Crippen LogP contribution < -0.4 is 0 Å². The molecule has 4 atom stereocenters. The van der Waals surface area contributed by atoms with Crippen molar-refractivity contribution in [3.8, 4) is 0 Å². The van der Waals surface area contributed by atoms with Crippen molar-refractivity contribution in [2.45, 2.75) is 46.2 Å². The molecule has 0 saturated carbocycles. The summed E-state index contributed by atoms with van der Waals surface area (Å²) in [6.07, 6.45) is 2.25. The summed E-state index contributed by atoms with van der Waals surface area (Å²) in [5, 5.41) is 12.0. The summed E-state index contributed by atoms with van der Waals surface area (Å²) in [5.74, 6) is 0.446. The first-order valence-corrected chi connectivity index (χ1v) is 10.4. The van der Waals surface area contributed by atoms with Crippen LogP contribution in [0.1, 0.15) is 36.0 Å². The minimum absolute atomic E-state index is 0.155. The highest BCUT2D eigenvalue weighted by Gasteiger charge is 2.42. The predicted molar refractivity (Wildman–Crippen MR) is 96.9 cm³/mol. The summed E-state index contributed by atoms with van der Waals surface area (Å²) in [4.78, 5) is 3.74. The molecule has 4 heterocycles. The van der Waals surface area contributed by atoms with Crippen molar-refractivity contribution in [1.29, 1.82) is 0 Å². The number of ether oxygens (including phenoxy) is 1. The van der Waals surface area contributed by atoms with E-state index in [1.54, 1.807) is 0 Å². The molecule has 1 aromatic heterocycles. The van der Waals surface area contributed by atoms with Crippen LogP contribution in [-0.2, 0) is 4.74 Å². The van der Waals surface area contributed by atoms with Crippen molar-refractivity contribution in [2.75, 3.05) is 19.6 Å². The SMILES string of the molecule is OC1CCN(CC2CC3c4ccccc4Sc4sccc4C3O2)C1. The molecule has 1 N–H and O–H groups in total. The first-order valence-electron chi connectivity index (χ1n) is 8.68. The third kappa shape index (κ3) is 2.63.